The summed E-state index contributed by atoms with van der Waals surface area (Å²) in [6.45, 7) is 4.41. The zero-order chi connectivity index (χ0) is 10.2. The van der Waals surface area contributed by atoms with Crippen molar-refractivity contribution in [2.45, 2.75) is 32.0 Å². The number of ether oxygens (including phenoxy) is 1. The van der Waals surface area contributed by atoms with Crippen LogP contribution in [0.4, 0.5) is 0 Å². The van der Waals surface area contributed by atoms with Gasteiger partial charge in [0.1, 0.15) is 6.23 Å². The zero-order valence-electron chi connectivity index (χ0n) is 9.00. The first-order valence-corrected chi connectivity index (χ1v) is 5.01. The minimum absolute atomic E-state index is 0.0370. The Balaban J connectivity index is 2.41. The van der Waals surface area contributed by atoms with Gasteiger partial charge in [0.15, 0.2) is 0 Å². The summed E-state index contributed by atoms with van der Waals surface area (Å²) in [5, 5.41) is 3.48. The minimum atomic E-state index is 0.0370. The van der Waals surface area contributed by atoms with Crippen molar-refractivity contribution in [3.05, 3.63) is 35.4 Å². The molecule has 1 N–H and O–H groups in total. The average molecular weight is 191 g/mol. The highest BCUT2D eigenvalue weighted by molar-refractivity contribution is 5.33. The van der Waals surface area contributed by atoms with Gasteiger partial charge in [0.05, 0.1) is 0 Å². The van der Waals surface area contributed by atoms with E-state index in [1.54, 1.807) is 7.11 Å². The van der Waals surface area contributed by atoms with Crippen LogP contribution >= 0.6 is 0 Å². The molecule has 1 unspecified atom stereocenters. The molecule has 0 bridgehead atoms. The second kappa shape index (κ2) is 3.37. The molecule has 0 saturated heterocycles. The number of benzene rings is 1. The maximum Gasteiger partial charge on any atom is 0.134 e. The Morgan fingerprint density at radius 3 is 2.79 bits per heavy atom. The largest absolute Gasteiger partial charge is 0.362 e. The van der Waals surface area contributed by atoms with Crippen molar-refractivity contribution in [3.63, 3.8) is 0 Å². The molecule has 1 aromatic carbocycles. The molecule has 0 fully saturated rings. The van der Waals surface area contributed by atoms with E-state index in [-0.39, 0.29) is 11.8 Å². The summed E-state index contributed by atoms with van der Waals surface area (Å²) >= 11 is 0. The molecule has 0 amide bonds. The topological polar surface area (TPSA) is 21.3 Å². The Bertz CT molecular complexity index is 333. The summed E-state index contributed by atoms with van der Waals surface area (Å²) in [6.07, 6.45) is 1.10. The lowest BCUT2D eigenvalue weighted by Gasteiger charge is -2.37. The fourth-order valence-corrected chi connectivity index (χ4v) is 2.10. The van der Waals surface area contributed by atoms with E-state index in [1.165, 1.54) is 11.1 Å². The van der Waals surface area contributed by atoms with Gasteiger partial charge < -0.3 is 4.74 Å². The van der Waals surface area contributed by atoms with E-state index in [2.05, 4.69) is 43.4 Å². The van der Waals surface area contributed by atoms with Crippen LogP contribution in [0.5, 0.6) is 0 Å². The molecule has 2 heteroatoms. The van der Waals surface area contributed by atoms with Crippen LogP contribution in [-0.2, 0) is 11.2 Å². The SMILES string of the molecule is COC1NC(C)(C)Cc2ccccc21. The molecule has 0 aliphatic carbocycles. The first-order valence-electron chi connectivity index (χ1n) is 5.01. The van der Waals surface area contributed by atoms with Gasteiger partial charge in [0, 0.05) is 12.6 Å². The summed E-state index contributed by atoms with van der Waals surface area (Å²) in [6, 6.07) is 8.47. The third-order valence-corrected chi connectivity index (χ3v) is 2.73. The van der Waals surface area contributed by atoms with E-state index in [9.17, 15) is 0 Å². The summed E-state index contributed by atoms with van der Waals surface area (Å²) < 4.78 is 5.44. The lowest BCUT2D eigenvalue weighted by molar-refractivity contribution is 0.0386. The van der Waals surface area contributed by atoms with Crippen molar-refractivity contribution in [2.75, 3.05) is 7.11 Å². The molecular weight excluding hydrogens is 174 g/mol. The molecular formula is C12H17NO. The van der Waals surface area contributed by atoms with Crippen molar-refractivity contribution < 1.29 is 4.74 Å². The van der Waals surface area contributed by atoms with Crippen molar-refractivity contribution in [2.24, 2.45) is 0 Å². The van der Waals surface area contributed by atoms with E-state index >= 15 is 0 Å². The minimum Gasteiger partial charge on any atom is -0.362 e. The van der Waals surface area contributed by atoms with E-state index in [0.29, 0.717) is 0 Å². The van der Waals surface area contributed by atoms with Crippen molar-refractivity contribution >= 4 is 0 Å². The number of nitrogens with one attached hydrogen (secondary N) is 1. The molecule has 1 aliphatic rings. The lowest BCUT2D eigenvalue weighted by atomic mass is 9.87. The third-order valence-electron chi connectivity index (χ3n) is 2.73. The average Bonchev–Trinajstić information content (AvgIpc) is 2.15. The summed E-state index contributed by atoms with van der Waals surface area (Å²) in [7, 11) is 1.75. The lowest BCUT2D eigenvalue weighted by Crippen LogP contribution is -2.47. The second-order valence-electron chi connectivity index (χ2n) is 4.52. The number of fused-ring (bicyclic) bond motifs is 1. The van der Waals surface area contributed by atoms with Gasteiger partial charge in [-0.2, -0.15) is 0 Å². The Kier molecular flexibility index (Phi) is 2.33. The molecule has 1 heterocycles. The molecule has 2 rings (SSSR count). The normalized spacial score (nSPS) is 24.4. The van der Waals surface area contributed by atoms with Gasteiger partial charge in [0.25, 0.3) is 0 Å². The van der Waals surface area contributed by atoms with Crippen LogP contribution in [0, 0.1) is 0 Å². The Morgan fingerprint density at radius 1 is 1.36 bits per heavy atom. The molecule has 76 valence electrons. The van der Waals surface area contributed by atoms with Gasteiger partial charge in [-0.25, -0.2) is 0 Å². The maximum absolute atomic E-state index is 5.44. The van der Waals surface area contributed by atoms with Crippen LogP contribution in [0.25, 0.3) is 0 Å². The molecule has 0 spiro atoms. The monoisotopic (exact) mass is 191 g/mol. The van der Waals surface area contributed by atoms with E-state index in [0.717, 1.165) is 6.42 Å². The van der Waals surface area contributed by atoms with Gasteiger partial charge in [-0.05, 0) is 31.4 Å². The summed E-state index contributed by atoms with van der Waals surface area (Å²) in [4.78, 5) is 0. The van der Waals surface area contributed by atoms with Crippen LogP contribution in [0.2, 0.25) is 0 Å². The molecule has 2 nitrogen and oxygen atoms in total. The number of hydrogen-bond acceptors (Lipinski definition) is 2. The predicted octanol–water partition coefficient (Wildman–Crippen LogP) is 2.26. The quantitative estimate of drug-likeness (QED) is 0.735. The smallest absolute Gasteiger partial charge is 0.134 e. The van der Waals surface area contributed by atoms with E-state index < -0.39 is 0 Å². The van der Waals surface area contributed by atoms with Crippen molar-refractivity contribution in [1.82, 2.24) is 5.32 Å². The Morgan fingerprint density at radius 2 is 2.07 bits per heavy atom. The second-order valence-corrected chi connectivity index (χ2v) is 4.52. The van der Waals surface area contributed by atoms with Gasteiger partial charge in [-0.15, -0.1) is 0 Å². The predicted molar refractivity (Wildman–Crippen MR) is 57.1 cm³/mol. The molecule has 14 heavy (non-hydrogen) atoms. The van der Waals surface area contributed by atoms with Crippen LogP contribution in [0.1, 0.15) is 31.2 Å². The van der Waals surface area contributed by atoms with Gasteiger partial charge in [0.2, 0.25) is 0 Å². The van der Waals surface area contributed by atoms with Crippen LogP contribution in [0.3, 0.4) is 0 Å². The van der Waals surface area contributed by atoms with Crippen LogP contribution in [-0.4, -0.2) is 12.6 Å². The maximum atomic E-state index is 5.44. The Labute approximate surface area is 85.3 Å². The number of methoxy groups -OCH3 is 1. The number of rotatable bonds is 1. The van der Waals surface area contributed by atoms with Crippen molar-refractivity contribution in [1.29, 1.82) is 0 Å². The molecule has 1 aliphatic heterocycles. The van der Waals surface area contributed by atoms with Gasteiger partial charge >= 0.3 is 0 Å². The van der Waals surface area contributed by atoms with Gasteiger partial charge in [-0.3, -0.25) is 5.32 Å². The molecule has 0 aromatic heterocycles. The van der Waals surface area contributed by atoms with Crippen LogP contribution < -0.4 is 5.32 Å². The first kappa shape index (κ1) is 9.69. The fourth-order valence-electron chi connectivity index (χ4n) is 2.10. The zero-order valence-corrected chi connectivity index (χ0v) is 9.00. The van der Waals surface area contributed by atoms with E-state index in [4.69, 9.17) is 4.74 Å². The Hall–Kier alpha value is -0.860. The highest BCUT2D eigenvalue weighted by Gasteiger charge is 2.30. The molecule has 0 saturated carbocycles. The van der Waals surface area contributed by atoms with Gasteiger partial charge in [-0.1, -0.05) is 24.3 Å². The van der Waals surface area contributed by atoms with Crippen molar-refractivity contribution in [3.8, 4) is 0 Å². The molecule has 1 aromatic rings. The summed E-state index contributed by atoms with van der Waals surface area (Å²) in [5.41, 5.74) is 2.78. The summed E-state index contributed by atoms with van der Waals surface area (Å²) in [5.74, 6) is 0. The highest BCUT2D eigenvalue weighted by atomic mass is 16.5. The molecule has 0 radical (unpaired) electrons. The van der Waals surface area contributed by atoms with E-state index in [1.807, 2.05) is 0 Å². The number of hydrogen-bond donors (Lipinski definition) is 1. The highest BCUT2D eigenvalue weighted by Crippen LogP contribution is 2.29. The first-order chi connectivity index (χ1) is 6.62. The standard InChI is InChI=1S/C12H17NO/c1-12(2)8-9-6-4-5-7-10(9)11(13-12)14-3/h4-7,11,13H,8H2,1-3H3. The molecule has 1 atom stereocenters. The fraction of sp³-hybridized carbons (Fsp3) is 0.500. The third kappa shape index (κ3) is 1.68. The van der Waals surface area contributed by atoms with Crippen LogP contribution in [0.15, 0.2) is 24.3 Å².